The Balaban J connectivity index is 1.81. The zero-order chi connectivity index (χ0) is 15.3. The zero-order valence-electron chi connectivity index (χ0n) is 12.7. The molecule has 1 aliphatic rings. The van der Waals surface area contributed by atoms with E-state index in [0.717, 1.165) is 17.8 Å². The number of anilines is 1. The van der Waals surface area contributed by atoms with Gasteiger partial charge >= 0.3 is 0 Å². The van der Waals surface area contributed by atoms with E-state index in [1.54, 1.807) is 6.07 Å². The molecule has 2 rings (SSSR count). The minimum absolute atomic E-state index is 0.0189. The number of hydrogen-bond donors (Lipinski definition) is 2. The van der Waals surface area contributed by atoms with Gasteiger partial charge in [-0.15, -0.1) is 0 Å². The lowest BCUT2D eigenvalue weighted by Crippen LogP contribution is -2.39. The Morgan fingerprint density at radius 2 is 2.10 bits per heavy atom. The van der Waals surface area contributed by atoms with E-state index in [1.807, 2.05) is 30.8 Å². The Hall–Kier alpha value is -0.710. The second-order valence-corrected chi connectivity index (χ2v) is 7.42. The summed E-state index contributed by atoms with van der Waals surface area (Å²) in [4.78, 5) is 12.0. The molecule has 0 atom stereocenters. The van der Waals surface area contributed by atoms with Crippen molar-refractivity contribution >= 4 is 35.0 Å². The normalized spacial score (nSPS) is 16.9. The Morgan fingerprint density at radius 3 is 2.76 bits per heavy atom. The minimum atomic E-state index is -0.0189. The first-order chi connectivity index (χ1) is 10.0. The van der Waals surface area contributed by atoms with Crippen LogP contribution in [0.2, 0.25) is 5.02 Å². The molecule has 2 N–H and O–H groups in total. The van der Waals surface area contributed by atoms with Gasteiger partial charge in [0.1, 0.15) is 0 Å². The fourth-order valence-corrected chi connectivity index (χ4v) is 3.91. The van der Waals surface area contributed by atoms with Crippen molar-refractivity contribution in [3.05, 3.63) is 28.8 Å². The monoisotopic (exact) mass is 326 g/mol. The van der Waals surface area contributed by atoms with Gasteiger partial charge in [-0.1, -0.05) is 30.5 Å². The molecule has 0 radical (unpaired) electrons. The van der Waals surface area contributed by atoms with Crippen LogP contribution in [0.25, 0.3) is 0 Å². The lowest BCUT2D eigenvalue weighted by Gasteiger charge is -2.26. The van der Waals surface area contributed by atoms with Gasteiger partial charge in [0.25, 0.3) is 0 Å². The van der Waals surface area contributed by atoms with E-state index >= 15 is 0 Å². The van der Waals surface area contributed by atoms with E-state index in [1.165, 1.54) is 25.7 Å². The van der Waals surface area contributed by atoms with Crippen molar-refractivity contribution in [1.29, 1.82) is 0 Å². The number of amides is 1. The molecule has 1 amide bonds. The molecule has 1 aliphatic carbocycles. The van der Waals surface area contributed by atoms with Crippen LogP contribution in [0, 0.1) is 6.92 Å². The fraction of sp³-hybridized carbons (Fsp3) is 0.562. The predicted octanol–water partition coefficient (Wildman–Crippen LogP) is 3.85. The first-order valence-electron chi connectivity index (χ1n) is 7.36. The van der Waals surface area contributed by atoms with Crippen LogP contribution in [0.5, 0.6) is 0 Å². The highest BCUT2D eigenvalue weighted by Gasteiger charge is 2.32. The third kappa shape index (κ3) is 4.63. The number of benzene rings is 1. The summed E-state index contributed by atoms with van der Waals surface area (Å²) in [5, 5.41) is 6.86. The number of thioether (sulfide) groups is 1. The molecule has 0 aromatic heterocycles. The van der Waals surface area contributed by atoms with Gasteiger partial charge < -0.3 is 10.6 Å². The summed E-state index contributed by atoms with van der Waals surface area (Å²) in [6, 6.07) is 5.52. The molecular weight excluding hydrogens is 304 g/mol. The second kappa shape index (κ2) is 7.52. The molecule has 5 heteroatoms. The minimum Gasteiger partial charge on any atom is -0.325 e. The zero-order valence-corrected chi connectivity index (χ0v) is 14.2. The molecule has 0 unspecified atom stereocenters. The van der Waals surface area contributed by atoms with Crippen molar-refractivity contribution in [3.63, 3.8) is 0 Å². The molecule has 116 valence electrons. The quantitative estimate of drug-likeness (QED) is 0.834. The summed E-state index contributed by atoms with van der Waals surface area (Å²) < 4.78 is 0.326. The van der Waals surface area contributed by atoms with E-state index in [-0.39, 0.29) is 5.91 Å². The molecule has 0 bridgehead atoms. The third-order valence-corrected chi connectivity index (χ3v) is 5.81. The number of carbonyl (C=O) groups is 1. The summed E-state index contributed by atoms with van der Waals surface area (Å²) in [6.45, 7) is 3.20. The van der Waals surface area contributed by atoms with Gasteiger partial charge in [0.05, 0.1) is 6.54 Å². The second-order valence-electron chi connectivity index (χ2n) is 5.71. The highest BCUT2D eigenvalue weighted by atomic mass is 35.5. The van der Waals surface area contributed by atoms with Crippen LogP contribution in [0.15, 0.2) is 18.2 Å². The molecule has 0 heterocycles. The third-order valence-electron chi connectivity index (χ3n) is 4.15. The average Bonchev–Trinajstić information content (AvgIpc) is 2.92. The van der Waals surface area contributed by atoms with Crippen LogP contribution in [-0.2, 0) is 4.79 Å². The Kier molecular flexibility index (Phi) is 5.97. The first kappa shape index (κ1) is 16.7. The molecule has 1 aromatic rings. The summed E-state index contributed by atoms with van der Waals surface area (Å²) >= 11 is 7.89. The lowest BCUT2D eigenvalue weighted by atomic mass is 10.1. The maximum atomic E-state index is 12.0. The van der Waals surface area contributed by atoms with E-state index in [4.69, 9.17) is 11.6 Å². The van der Waals surface area contributed by atoms with Crippen molar-refractivity contribution in [3.8, 4) is 0 Å². The predicted molar refractivity (Wildman–Crippen MR) is 92.4 cm³/mol. The SMILES string of the molecule is CSC1(CNCC(=O)Nc2cc(Cl)ccc2C)CCCC1. The topological polar surface area (TPSA) is 41.1 Å². The molecule has 1 aromatic carbocycles. The average molecular weight is 327 g/mol. The van der Waals surface area contributed by atoms with Crippen molar-refractivity contribution in [2.45, 2.75) is 37.4 Å². The van der Waals surface area contributed by atoms with Crippen LogP contribution in [-0.4, -0.2) is 30.0 Å². The Labute approximate surface area is 136 Å². The smallest absolute Gasteiger partial charge is 0.238 e. The van der Waals surface area contributed by atoms with Crippen molar-refractivity contribution in [1.82, 2.24) is 5.32 Å². The maximum Gasteiger partial charge on any atom is 0.238 e. The van der Waals surface area contributed by atoms with Crippen LogP contribution < -0.4 is 10.6 Å². The highest BCUT2D eigenvalue weighted by Crippen LogP contribution is 2.39. The van der Waals surface area contributed by atoms with Gasteiger partial charge in [-0.05, 0) is 43.7 Å². The maximum absolute atomic E-state index is 12.0. The number of rotatable bonds is 6. The molecule has 0 spiro atoms. The molecule has 0 saturated heterocycles. The number of aryl methyl sites for hydroxylation is 1. The summed E-state index contributed by atoms with van der Waals surface area (Å²) in [5.74, 6) is -0.0189. The number of carbonyl (C=O) groups excluding carboxylic acids is 1. The summed E-state index contributed by atoms with van der Waals surface area (Å²) in [7, 11) is 0. The lowest BCUT2D eigenvalue weighted by molar-refractivity contribution is -0.115. The van der Waals surface area contributed by atoms with Gasteiger partial charge in [0.2, 0.25) is 5.91 Å². The summed E-state index contributed by atoms with van der Waals surface area (Å²) in [6.07, 6.45) is 7.27. The molecule has 3 nitrogen and oxygen atoms in total. The van der Waals surface area contributed by atoms with E-state index in [9.17, 15) is 4.79 Å². The molecular formula is C16H23ClN2OS. The van der Waals surface area contributed by atoms with Gasteiger partial charge in [-0.3, -0.25) is 4.79 Å². The van der Waals surface area contributed by atoms with Crippen molar-refractivity contribution in [2.75, 3.05) is 24.7 Å². The van der Waals surface area contributed by atoms with Gasteiger partial charge in [-0.25, -0.2) is 0 Å². The number of nitrogens with one attached hydrogen (secondary N) is 2. The largest absolute Gasteiger partial charge is 0.325 e. The van der Waals surface area contributed by atoms with E-state index in [2.05, 4.69) is 16.9 Å². The van der Waals surface area contributed by atoms with Gasteiger partial charge in [0.15, 0.2) is 0 Å². The van der Waals surface area contributed by atoms with Gasteiger partial charge in [0, 0.05) is 22.0 Å². The van der Waals surface area contributed by atoms with Crippen LogP contribution >= 0.6 is 23.4 Å². The van der Waals surface area contributed by atoms with Crippen LogP contribution in [0.4, 0.5) is 5.69 Å². The number of hydrogen-bond acceptors (Lipinski definition) is 3. The first-order valence-corrected chi connectivity index (χ1v) is 8.97. The Bertz CT molecular complexity index is 501. The Morgan fingerprint density at radius 1 is 1.38 bits per heavy atom. The molecule has 21 heavy (non-hydrogen) atoms. The standard InChI is InChI=1S/C16H23ClN2OS/c1-12-5-6-13(17)9-14(12)19-15(20)10-18-11-16(21-2)7-3-4-8-16/h5-6,9,18H,3-4,7-8,10-11H2,1-2H3,(H,19,20). The summed E-state index contributed by atoms with van der Waals surface area (Å²) in [5.41, 5.74) is 1.80. The fourth-order valence-electron chi connectivity index (χ4n) is 2.80. The van der Waals surface area contributed by atoms with Gasteiger partial charge in [-0.2, -0.15) is 11.8 Å². The van der Waals surface area contributed by atoms with Crippen LogP contribution in [0.3, 0.4) is 0 Å². The van der Waals surface area contributed by atoms with Crippen molar-refractivity contribution in [2.24, 2.45) is 0 Å². The van der Waals surface area contributed by atoms with Crippen molar-refractivity contribution < 1.29 is 4.79 Å². The van der Waals surface area contributed by atoms with E-state index < -0.39 is 0 Å². The number of halogens is 1. The molecule has 1 fully saturated rings. The molecule has 1 saturated carbocycles. The van der Waals surface area contributed by atoms with E-state index in [0.29, 0.717) is 16.3 Å². The molecule has 0 aliphatic heterocycles. The highest BCUT2D eigenvalue weighted by molar-refractivity contribution is 8.00. The van der Waals surface area contributed by atoms with Crippen LogP contribution in [0.1, 0.15) is 31.2 Å².